The Morgan fingerprint density at radius 2 is 1.83 bits per heavy atom. The highest BCUT2D eigenvalue weighted by molar-refractivity contribution is 7.99. The first-order valence-corrected chi connectivity index (χ1v) is 10.1. The standard InChI is InChI=1S/C17H18FNO3S2/c1-12-3-8-15(24(2,21)22)11-16(12)19-17(20)9-10-23-14-6-4-13(18)5-7-14/h3-8,11H,9-10H2,1-2H3,(H,19,20). The summed E-state index contributed by atoms with van der Waals surface area (Å²) in [6.07, 6.45) is 1.40. The van der Waals surface area contributed by atoms with Gasteiger partial charge in [0.1, 0.15) is 5.82 Å². The molecule has 24 heavy (non-hydrogen) atoms. The SMILES string of the molecule is Cc1ccc(S(C)(=O)=O)cc1NC(=O)CCSc1ccc(F)cc1. The second kappa shape index (κ2) is 7.81. The molecule has 0 bridgehead atoms. The van der Waals surface area contributed by atoms with Crippen molar-refractivity contribution in [3.8, 4) is 0 Å². The van der Waals surface area contributed by atoms with Crippen molar-refractivity contribution in [3.63, 3.8) is 0 Å². The van der Waals surface area contributed by atoms with Crippen LogP contribution >= 0.6 is 11.8 Å². The van der Waals surface area contributed by atoms with Crippen LogP contribution in [0.15, 0.2) is 52.3 Å². The third kappa shape index (κ3) is 5.35. The number of hydrogen-bond acceptors (Lipinski definition) is 4. The van der Waals surface area contributed by atoms with Gasteiger partial charge in [-0.3, -0.25) is 4.79 Å². The van der Waals surface area contributed by atoms with E-state index >= 15 is 0 Å². The quantitative estimate of drug-likeness (QED) is 0.792. The monoisotopic (exact) mass is 367 g/mol. The number of benzene rings is 2. The molecular formula is C17H18FNO3S2. The van der Waals surface area contributed by atoms with Gasteiger partial charge in [-0.25, -0.2) is 12.8 Å². The highest BCUT2D eigenvalue weighted by atomic mass is 32.2. The smallest absolute Gasteiger partial charge is 0.225 e. The summed E-state index contributed by atoms with van der Waals surface area (Å²) in [6.45, 7) is 1.80. The zero-order valence-corrected chi connectivity index (χ0v) is 15.0. The van der Waals surface area contributed by atoms with Crippen LogP contribution in [0.2, 0.25) is 0 Å². The Hall–Kier alpha value is -1.86. The Balaban J connectivity index is 1.93. The summed E-state index contributed by atoms with van der Waals surface area (Å²) < 4.78 is 36.0. The molecule has 0 aliphatic rings. The number of aryl methyl sites for hydroxylation is 1. The fourth-order valence-corrected chi connectivity index (χ4v) is 3.47. The predicted octanol–water partition coefficient (Wildman–Crippen LogP) is 3.66. The van der Waals surface area contributed by atoms with Crippen LogP contribution < -0.4 is 5.32 Å². The molecule has 128 valence electrons. The molecule has 0 saturated heterocycles. The van der Waals surface area contributed by atoms with Crippen LogP contribution in [0.5, 0.6) is 0 Å². The Bertz CT molecular complexity index is 833. The van der Waals surface area contributed by atoms with Crippen LogP contribution in [0.3, 0.4) is 0 Å². The van der Waals surface area contributed by atoms with Crippen LogP contribution in [-0.4, -0.2) is 26.3 Å². The fourth-order valence-electron chi connectivity index (χ4n) is 1.97. The zero-order chi connectivity index (χ0) is 17.7. The van der Waals surface area contributed by atoms with E-state index in [4.69, 9.17) is 0 Å². The summed E-state index contributed by atoms with van der Waals surface area (Å²) in [5.41, 5.74) is 1.29. The number of rotatable bonds is 6. The lowest BCUT2D eigenvalue weighted by Gasteiger charge is -2.10. The minimum absolute atomic E-state index is 0.170. The number of hydrogen-bond donors (Lipinski definition) is 1. The lowest BCUT2D eigenvalue weighted by molar-refractivity contribution is -0.115. The van der Waals surface area contributed by atoms with Crippen molar-refractivity contribution in [1.82, 2.24) is 0 Å². The molecule has 7 heteroatoms. The fraction of sp³-hybridized carbons (Fsp3) is 0.235. The molecule has 2 rings (SSSR count). The van der Waals surface area contributed by atoms with Gasteiger partial charge in [0.2, 0.25) is 5.91 Å². The molecule has 0 unspecified atom stereocenters. The number of carbonyl (C=O) groups is 1. The summed E-state index contributed by atoms with van der Waals surface area (Å²) in [4.78, 5) is 13.1. The number of thioether (sulfide) groups is 1. The van der Waals surface area contributed by atoms with Crippen LogP contribution in [0.4, 0.5) is 10.1 Å². The topological polar surface area (TPSA) is 63.2 Å². The average Bonchev–Trinajstić information content (AvgIpc) is 2.50. The van der Waals surface area contributed by atoms with Crippen LogP contribution in [0, 0.1) is 12.7 Å². The number of nitrogens with one attached hydrogen (secondary N) is 1. The number of sulfone groups is 1. The molecule has 4 nitrogen and oxygen atoms in total. The van der Waals surface area contributed by atoms with Crippen LogP contribution in [0.25, 0.3) is 0 Å². The largest absolute Gasteiger partial charge is 0.326 e. The molecule has 0 radical (unpaired) electrons. The molecule has 0 aromatic heterocycles. The summed E-state index contributed by atoms with van der Waals surface area (Å²) in [6, 6.07) is 10.7. The van der Waals surface area contributed by atoms with Gasteiger partial charge in [-0.2, -0.15) is 0 Å². The molecule has 0 aliphatic carbocycles. The van der Waals surface area contributed by atoms with E-state index in [2.05, 4.69) is 5.32 Å². The van der Waals surface area contributed by atoms with E-state index in [-0.39, 0.29) is 23.0 Å². The number of amides is 1. The number of halogens is 1. The van der Waals surface area contributed by atoms with Crippen molar-refractivity contribution in [2.45, 2.75) is 23.1 Å². The van der Waals surface area contributed by atoms with Crippen molar-refractivity contribution in [3.05, 3.63) is 53.8 Å². The average molecular weight is 367 g/mol. The van der Waals surface area contributed by atoms with E-state index in [9.17, 15) is 17.6 Å². The maximum absolute atomic E-state index is 12.8. The second-order valence-corrected chi connectivity index (χ2v) is 8.53. The molecule has 1 amide bonds. The van der Waals surface area contributed by atoms with Crippen molar-refractivity contribution in [1.29, 1.82) is 0 Å². The molecule has 0 atom stereocenters. The van der Waals surface area contributed by atoms with E-state index in [0.717, 1.165) is 16.7 Å². The van der Waals surface area contributed by atoms with Crippen molar-refractivity contribution < 1.29 is 17.6 Å². The molecule has 1 N–H and O–H groups in total. The highest BCUT2D eigenvalue weighted by Crippen LogP contribution is 2.22. The molecular weight excluding hydrogens is 349 g/mol. The molecule has 2 aromatic rings. The predicted molar refractivity (Wildman–Crippen MR) is 94.7 cm³/mol. The molecule has 0 aliphatic heterocycles. The van der Waals surface area contributed by atoms with Crippen molar-refractivity contribution >= 4 is 33.2 Å². The Morgan fingerprint density at radius 3 is 2.46 bits per heavy atom. The minimum Gasteiger partial charge on any atom is -0.326 e. The minimum atomic E-state index is -3.32. The van der Waals surface area contributed by atoms with Gasteiger partial charge < -0.3 is 5.32 Å². The van der Waals surface area contributed by atoms with Gasteiger partial charge in [0.15, 0.2) is 9.84 Å². The van der Waals surface area contributed by atoms with E-state index in [1.54, 1.807) is 25.1 Å². The van der Waals surface area contributed by atoms with Gasteiger partial charge in [-0.1, -0.05) is 6.07 Å². The van der Waals surface area contributed by atoms with E-state index in [1.807, 2.05) is 0 Å². The van der Waals surface area contributed by atoms with Gasteiger partial charge >= 0.3 is 0 Å². The maximum atomic E-state index is 12.8. The second-order valence-electron chi connectivity index (χ2n) is 5.35. The first-order chi connectivity index (χ1) is 11.3. The summed E-state index contributed by atoms with van der Waals surface area (Å²) >= 11 is 1.46. The lowest BCUT2D eigenvalue weighted by atomic mass is 10.2. The molecule has 0 heterocycles. The van der Waals surface area contributed by atoms with Gasteiger partial charge in [-0.05, 0) is 48.9 Å². The van der Waals surface area contributed by atoms with Gasteiger partial charge in [0.25, 0.3) is 0 Å². The Kier molecular flexibility index (Phi) is 6.01. The highest BCUT2D eigenvalue weighted by Gasteiger charge is 2.11. The van der Waals surface area contributed by atoms with Gasteiger partial charge in [-0.15, -0.1) is 11.8 Å². The van der Waals surface area contributed by atoms with Crippen molar-refractivity contribution in [2.24, 2.45) is 0 Å². The Morgan fingerprint density at radius 1 is 1.17 bits per heavy atom. The van der Waals surface area contributed by atoms with Crippen LogP contribution in [-0.2, 0) is 14.6 Å². The molecule has 0 saturated carbocycles. The first-order valence-electron chi connectivity index (χ1n) is 7.24. The summed E-state index contributed by atoms with van der Waals surface area (Å²) in [7, 11) is -3.32. The zero-order valence-electron chi connectivity index (χ0n) is 13.4. The third-order valence-corrected chi connectivity index (χ3v) is 5.45. The lowest BCUT2D eigenvalue weighted by Crippen LogP contribution is -2.13. The van der Waals surface area contributed by atoms with E-state index in [0.29, 0.717) is 11.4 Å². The molecule has 0 fully saturated rings. The first kappa shape index (κ1) is 18.5. The third-order valence-electron chi connectivity index (χ3n) is 3.32. The summed E-state index contributed by atoms with van der Waals surface area (Å²) in [5.74, 6) is 0.0548. The Labute approximate surface area is 145 Å². The number of carbonyl (C=O) groups excluding carboxylic acids is 1. The van der Waals surface area contributed by atoms with E-state index < -0.39 is 9.84 Å². The summed E-state index contributed by atoms with van der Waals surface area (Å²) in [5, 5.41) is 2.74. The van der Waals surface area contributed by atoms with Gasteiger partial charge in [0.05, 0.1) is 4.90 Å². The van der Waals surface area contributed by atoms with Crippen LogP contribution in [0.1, 0.15) is 12.0 Å². The van der Waals surface area contributed by atoms with E-state index in [1.165, 1.54) is 36.0 Å². The molecule has 0 spiro atoms. The van der Waals surface area contributed by atoms with Gasteiger partial charge in [0, 0.05) is 29.0 Å². The van der Waals surface area contributed by atoms with Crippen molar-refractivity contribution in [2.75, 3.05) is 17.3 Å². The number of anilines is 1. The normalized spacial score (nSPS) is 11.3. The molecule has 2 aromatic carbocycles. The maximum Gasteiger partial charge on any atom is 0.225 e.